The molecule has 0 saturated carbocycles. The minimum Gasteiger partial charge on any atom is -0.506 e. The summed E-state index contributed by atoms with van der Waals surface area (Å²) in [6.07, 6.45) is 0. The van der Waals surface area contributed by atoms with Crippen molar-refractivity contribution in [3.8, 4) is 5.75 Å². The van der Waals surface area contributed by atoms with Crippen LogP contribution in [0, 0.1) is 0 Å². The van der Waals surface area contributed by atoms with Gasteiger partial charge in [0.05, 0.1) is 4.47 Å². The summed E-state index contributed by atoms with van der Waals surface area (Å²) in [5, 5.41) is 17.0. The van der Waals surface area contributed by atoms with Gasteiger partial charge >= 0.3 is 0 Å². The molecule has 0 aliphatic heterocycles. The van der Waals surface area contributed by atoms with E-state index in [0.717, 1.165) is 20.6 Å². The van der Waals surface area contributed by atoms with E-state index in [1.807, 2.05) is 24.3 Å². The van der Waals surface area contributed by atoms with Crippen molar-refractivity contribution in [3.63, 3.8) is 0 Å². The van der Waals surface area contributed by atoms with Crippen LogP contribution in [0.1, 0.15) is 0 Å². The number of phenolic OH excluding ortho intramolecular Hbond substituents is 1. The zero-order valence-electron chi connectivity index (χ0n) is 9.44. The van der Waals surface area contributed by atoms with Crippen molar-refractivity contribution in [2.24, 2.45) is 0 Å². The molecule has 0 fully saturated rings. The molecule has 4 rings (SSSR count). The van der Waals surface area contributed by atoms with Gasteiger partial charge in [-0.2, -0.15) is 0 Å². The van der Waals surface area contributed by atoms with Gasteiger partial charge in [0.15, 0.2) is 0 Å². The maximum Gasteiger partial charge on any atom is 0.138 e. The summed E-state index contributed by atoms with van der Waals surface area (Å²) in [5.74, 6) is 0.326. The second-order valence-corrected chi connectivity index (χ2v) is 5.33. The van der Waals surface area contributed by atoms with Gasteiger partial charge in [0.25, 0.3) is 0 Å². The average molecular weight is 297 g/mol. The standard InChI is InChI=1S/C16H9BrO/c17-15-11-5-1-3-9-7-8-10-4-2-6-12(16(15)18)14(10)13(9)11/h1-8,18H. The van der Waals surface area contributed by atoms with E-state index < -0.39 is 0 Å². The molecule has 0 unspecified atom stereocenters. The smallest absolute Gasteiger partial charge is 0.138 e. The van der Waals surface area contributed by atoms with Crippen molar-refractivity contribution in [1.82, 2.24) is 0 Å². The molecule has 0 aliphatic rings. The Labute approximate surface area is 112 Å². The monoisotopic (exact) mass is 296 g/mol. The number of halogens is 1. The quantitative estimate of drug-likeness (QED) is 0.450. The van der Waals surface area contributed by atoms with E-state index in [1.165, 1.54) is 16.2 Å². The predicted molar refractivity (Wildman–Crippen MR) is 79.5 cm³/mol. The Morgan fingerprint density at radius 2 is 1.28 bits per heavy atom. The molecule has 1 nitrogen and oxygen atoms in total. The minimum absolute atomic E-state index is 0.326. The normalized spacial score (nSPS) is 11.8. The van der Waals surface area contributed by atoms with Crippen molar-refractivity contribution in [2.75, 3.05) is 0 Å². The molecule has 4 aromatic rings. The van der Waals surface area contributed by atoms with E-state index in [9.17, 15) is 5.11 Å². The lowest BCUT2D eigenvalue weighted by atomic mass is 9.94. The lowest BCUT2D eigenvalue weighted by Crippen LogP contribution is -1.85. The van der Waals surface area contributed by atoms with Gasteiger partial charge in [-0.25, -0.2) is 0 Å². The molecule has 0 amide bonds. The van der Waals surface area contributed by atoms with Crippen LogP contribution in [0.2, 0.25) is 0 Å². The van der Waals surface area contributed by atoms with Crippen LogP contribution in [0.3, 0.4) is 0 Å². The molecule has 0 aliphatic carbocycles. The Balaban J connectivity index is 2.52. The number of hydrogen-bond donors (Lipinski definition) is 1. The fourth-order valence-electron chi connectivity index (χ4n) is 2.78. The number of aromatic hydroxyl groups is 1. The van der Waals surface area contributed by atoms with Gasteiger partial charge in [0.2, 0.25) is 0 Å². The first-order valence-corrected chi connectivity index (χ1v) is 6.60. The minimum atomic E-state index is 0.326. The van der Waals surface area contributed by atoms with E-state index in [0.29, 0.717) is 5.75 Å². The van der Waals surface area contributed by atoms with Crippen molar-refractivity contribution in [3.05, 3.63) is 53.0 Å². The Morgan fingerprint density at radius 1 is 0.722 bits per heavy atom. The highest BCUT2D eigenvalue weighted by Crippen LogP contribution is 2.44. The van der Waals surface area contributed by atoms with Crippen molar-refractivity contribution >= 4 is 48.2 Å². The van der Waals surface area contributed by atoms with Gasteiger partial charge in [-0.15, -0.1) is 0 Å². The first-order valence-electron chi connectivity index (χ1n) is 5.81. The van der Waals surface area contributed by atoms with Crippen LogP contribution in [0.4, 0.5) is 0 Å². The van der Waals surface area contributed by atoms with Gasteiger partial charge in [-0.3, -0.25) is 0 Å². The fourth-order valence-corrected chi connectivity index (χ4v) is 3.33. The summed E-state index contributed by atoms with van der Waals surface area (Å²) in [4.78, 5) is 0. The second kappa shape index (κ2) is 3.36. The van der Waals surface area contributed by atoms with Crippen LogP contribution in [-0.2, 0) is 0 Å². The largest absolute Gasteiger partial charge is 0.506 e. The van der Waals surface area contributed by atoms with Crippen LogP contribution < -0.4 is 0 Å². The number of benzene rings is 4. The maximum absolute atomic E-state index is 10.3. The summed E-state index contributed by atoms with van der Waals surface area (Å²) in [5.41, 5.74) is 0. The van der Waals surface area contributed by atoms with Crippen LogP contribution >= 0.6 is 15.9 Å². The molecule has 2 heteroatoms. The van der Waals surface area contributed by atoms with Crippen LogP contribution in [-0.4, -0.2) is 5.11 Å². The third kappa shape index (κ3) is 1.11. The maximum atomic E-state index is 10.3. The van der Waals surface area contributed by atoms with Crippen LogP contribution in [0.5, 0.6) is 5.75 Å². The Hall–Kier alpha value is -1.80. The number of hydrogen-bond acceptors (Lipinski definition) is 1. The molecule has 0 radical (unpaired) electrons. The molecule has 1 N–H and O–H groups in total. The zero-order chi connectivity index (χ0) is 12.3. The topological polar surface area (TPSA) is 20.2 Å². The molecular weight excluding hydrogens is 288 g/mol. The summed E-state index contributed by atoms with van der Waals surface area (Å²) in [7, 11) is 0. The average Bonchev–Trinajstić information content (AvgIpc) is 2.43. The summed E-state index contributed by atoms with van der Waals surface area (Å²) >= 11 is 3.51. The van der Waals surface area contributed by atoms with Gasteiger partial charge in [0.1, 0.15) is 5.75 Å². The SMILES string of the molecule is Oc1c(Br)c2cccc3ccc4cccc1c4c32. The molecule has 0 heterocycles. The first kappa shape index (κ1) is 10.2. The Bertz CT molecular complexity index is 821. The van der Waals surface area contributed by atoms with Crippen molar-refractivity contribution in [1.29, 1.82) is 0 Å². The highest BCUT2D eigenvalue weighted by Gasteiger charge is 2.14. The zero-order valence-corrected chi connectivity index (χ0v) is 11.0. The number of rotatable bonds is 0. The van der Waals surface area contributed by atoms with Crippen molar-refractivity contribution < 1.29 is 5.11 Å². The second-order valence-electron chi connectivity index (χ2n) is 4.54. The van der Waals surface area contributed by atoms with Crippen LogP contribution in [0.15, 0.2) is 53.0 Å². The summed E-state index contributed by atoms with van der Waals surface area (Å²) < 4.78 is 0.777. The summed E-state index contributed by atoms with van der Waals surface area (Å²) in [6, 6.07) is 16.4. The lowest BCUT2D eigenvalue weighted by Gasteiger charge is -2.13. The molecule has 0 bridgehead atoms. The third-order valence-electron chi connectivity index (χ3n) is 3.59. The number of phenols is 1. The van der Waals surface area contributed by atoms with E-state index in [1.54, 1.807) is 0 Å². The predicted octanol–water partition coefficient (Wildman–Crippen LogP) is 5.05. The van der Waals surface area contributed by atoms with E-state index in [2.05, 4.69) is 40.2 Å². The highest BCUT2D eigenvalue weighted by molar-refractivity contribution is 9.10. The third-order valence-corrected chi connectivity index (χ3v) is 4.39. The van der Waals surface area contributed by atoms with E-state index in [-0.39, 0.29) is 0 Å². The van der Waals surface area contributed by atoms with Crippen molar-refractivity contribution in [2.45, 2.75) is 0 Å². The molecule has 0 spiro atoms. The molecule has 0 atom stereocenters. The summed E-state index contributed by atoms with van der Waals surface area (Å²) in [6.45, 7) is 0. The molecular formula is C16H9BrO. The fraction of sp³-hybridized carbons (Fsp3) is 0. The van der Waals surface area contributed by atoms with Gasteiger partial charge in [-0.05, 0) is 32.1 Å². The highest BCUT2D eigenvalue weighted by atomic mass is 79.9. The van der Waals surface area contributed by atoms with Crippen LogP contribution in [0.25, 0.3) is 32.3 Å². The molecule has 0 aromatic heterocycles. The molecule has 18 heavy (non-hydrogen) atoms. The Morgan fingerprint density at radius 3 is 1.94 bits per heavy atom. The van der Waals surface area contributed by atoms with Gasteiger partial charge in [0, 0.05) is 16.2 Å². The van der Waals surface area contributed by atoms with E-state index in [4.69, 9.17) is 0 Å². The lowest BCUT2D eigenvalue weighted by molar-refractivity contribution is 0.479. The molecule has 86 valence electrons. The van der Waals surface area contributed by atoms with Gasteiger partial charge < -0.3 is 5.11 Å². The molecule has 4 aromatic carbocycles. The molecule has 0 saturated heterocycles. The van der Waals surface area contributed by atoms with E-state index >= 15 is 0 Å². The first-order chi connectivity index (χ1) is 8.77. The van der Waals surface area contributed by atoms with Gasteiger partial charge in [-0.1, -0.05) is 48.5 Å². The Kier molecular flexibility index (Phi) is 1.90.